The van der Waals surface area contributed by atoms with Gasteiger partial charge in [0.1, 0.15) is 12.2 Å². The third kappa shape index (κ3) is 8.97. The molecule has 0 saturated heterocycles. The lowest BCUT2D eigenvalue weighted by atomic mass is 9.92. The Bertz CT molecular complexity index is 861. The van der Waals surface area contributed by atoms with Crippen molar-refractivity contribution in [3.8, 4) is 0 Å². The van der Waals surface area contributed by atoms with E-state index in [2.05, 4.69) is 11.9 Å². The molecule has 6 atom stereocenters. The van der Waals surface area contributed by atoms with Crippen molar-refractivity contribution in [3.05, 3.63) is 66.0 Å². The molecule has 2 rings (SSSR count). The summed E-state index contributed by atoms with van der Waals surface area (Å²) in [5.41, 5.74) is 1.86. The summed E-state index contributed by atoms with van der Waals surface area (Å²) >= 11 is 0. The van der Waals surface area contributed by atoms with E-state index < -0.39 is 24.3 Å². The lowest BCUT2D eigenvalue weighted by Crippen LogP contribution is -2.30. The van der Waals surface area contributed by atoms with Crippen molar-refractivity contribution in [1.29, 1.82) is 0 Å². The standard InChI is InChI=1S/C27H37NO5/c1-18(24-11-6-7-16-28-24)9-8-10-20(3)27-21(4)13-15-25(32-22(5)29)19(2)12-14-23(30)17-26(31)33-27/h6-11,13,15-16,18-19,21,23,25,27,30H,12,14,17H2,1-5H3/b9-8+,15-13+,20-10+/t18?,19-,21+,23+,25+,27-/m1/s1. The van der Waals surface area contributed by atoms with Crippen molar-refractivity contribution < 1.29 is 24.2 Å². The molecule has 180 valence electrons. The summed E-state index contributed by atoms with van der Waals surface area (Å²) in [5.74, 6) is -0.742. The molecule has 6 nitrogen and oxygen atoms in total. The van der Waals surface area contributed by atoms with Crippen LogP contribution in [0, 0.1) is 11.8 Å². The summed E-state index contributed by atoms with van der Waals surface area (Å²) in [4.78, 5) is 28.5. The van der Waals surface area contributed by atoms with Crippen LogP contribution in [0.3, 0.4) is 0 Å². The summed E-state index contributed by atoms with van der Waals surface area (Å²) in [6.45, 7) is 9.33. The number of ether oxygens (including phenoxy) is 2. The van der Waals surface area contributed by atoms with Gasteiger partial charge in [-0.2, -0.15) is 0 Å². The maximum Gasteiger partial charge on any atom is 0.309 e. The Morgan fingerprint density at radius 2 is 2.00 bits per heavy atom. The highest BCUT2D eigenvalue weighted by Crippen LogP contribution is 2.24. The highest BCUT2D eigenvalue weighted by Gasteiger charge is 2.26. The van der Waals surface area contributed by atoms with Gasteiger partial charge in [-0.15, -0.1) is 0 Å². The van der Waals surface area contributed by atoms with Gasteiger partial charge in [0.25, 0.3) is 0 Å². The van der Waals surface area contributed by atoms with Crippen LogP contribution in [-0.4, -0.2) is 40.3 Å². The molecule has 1 N–H and O–H groups in total. The minimum absolute atomic E-state index is 0.0218. The zero-order valence-electron chi connectivity index (χ0n) is 20.3. The lowest BCUT2D eigenvalue weighted by Gasteiger charge is -2.27. The molecule has 0 amide bonds. The molecule has 0 aromatic carbocycles. The number of rotatable bonds is 5. The van der Waals surface area contributed by atoms with Crippen molar-refractivity contribution in [2.45, 2.75) is 78.1 Å². The van der Waals surface area contributed by atoms with Gasteiger partial charge in [-0.1, -0.05) is 51.1 Å². The highest BCUT2D eigenvalue weighted by molar-refractivity contribution is 5.70. The number of nitrogens with zero attached hydrogens (tertiary/aromatic N) is 1. The maximum absolute atomic E-state index is 12.5. The normalized spacial score (nSPS) is 29.5. The van der Waals surface area contributed by atoms with Gasteiger partial charge in [-0.05, 0) is 49.5 Å². The van der Waals surface area contributed by atoms with Gasteiger partial charge in [0, 0.05) is 30.7 Å². The van der Waals surface area contributed by atoms with Gasteiger partial charge < -0.3 is 14.6 Å². The van der Waals surface area contributed by atoms with Crippen LogP contribution in [-0.2, 0) is 19.1 Å². The average Bonchev–Trinajstić information content (AvgIpc) is 2.77. The van der Waals surface area contributed by atoms with E-state index in [4.69, 9.17) is 9.47 Å². The number of aliphatic hydroxyl groups excluding tert-OH is 1. The van der Waals surface area contributed by atoms with Gasteiger partial charge in [-0.25, -0.2) is 0 Å². The number of aromatic nitrogens is 1. The molecule has 1 aromatic rings. The van der Waals surface area contributed by atoms with Gasteiger partial charge in [0.15, 0.2) is 0 Å². The first kappa shape index (κ1) is 26.5. The molecular formula is C27H37NO5. The number of allylic oxidation sites excluding steroid dienone is 3. The van der Waals surface area contributed by atoms with Crippen molar-refractivity contribution in [2.24, 2.45) is 11.8 Å². The highest BCUT2D eigenvalue weighted by atomic mass is 16.5. The monoisotopic (exact) mass is 455 g/mol. The van der Waals surface area contributed by atoms with Crippen molar-refractivity contribution in [2.75, 3.05) is 0 Å². The first-order valence-electron chi connectivity index (χ1n) is 11.7. The molecule has 6 heteroatoms. The molecular weight excluding hydrogens is 418 g/mol. The van der Waals surface area contributed by atoms with Crippen LogP contribution in [0.2, 0.25) is 0 Å². The molecule has 1 aliphatic heterocycles. The molecule has 0 radical (unpaired) electrons. The SMILES string of the molecule is CC(=O)O[C@H]1/C=C/[C@H](C)[C@@H](/C(C)=C/C=C/C(C)c2ccccn2)OC(=O)C[C@@H](O)CC[C@H]1C. The maximum atomic E-state index is 12.5. The summed E-state index contributed by atoms with van der Waals surface area (Å²) < 4.78 is 11.3. The average molecular weight is 456 g/mol. The van der Waals surface area contributed by atoms with E-state index in [1.807, 2.05) is 69.4 Å². The second kappa shape index (κ2) is 13.1. The Kier molecular flexibility index (Phi) is 10.5. The molecule has 1 aliphatic rings. The van der Waals surface area contributed by atoms with Crippen LogP contribution in [0.4, 0.5) is 0 Å². The van der Waals surface area contributed by atoms with Gasteiger partial charge in [-0.3, -0.25) is 14.6 Å². The summed E-state index contributed by atoms with van der Waals surface area (Å²) in [6.07, 6.45) is 10.9. The molecule has 0 saturated carbocycles. The van der Waals surface area contributed by atoms with E-state index in [9.17, 15) is 14.7 Å². The Hall–Kier alpha value is -2.73. The Morgan fingerprint density at radius 3 is 2.67 bits per heavy atom. The van der Waals surface area contributed by atoms with Gasteiger partial charge in [0.05, 0.1) is 12.5 Å². The zero-order valence-corrected chi connectivity index (χ0v) is 20.3. The zero-order chi connectivity index (χ0) is 24.4. The number of esters is 2. The second-order valence-corrected chi connectivity index (χ2v) is 8.98. The van der Waals surface area contributed by atoms with Crippen molar-refractivity contribution in [3.63, 3.8) is 0 Å². The molecule has 0 bridgehead atoms. The summed E-state index contributed by atoms with van der Waals surface area (Å²) in [7, 11) is 0. The third-order valence-electron chi connectivity index (χ3n) is 5.92. The predicted molar refractivity (Wildman–Crippen MR) is 128 cm³/mol. The molecule has 0 fully saturated rings. The van der Waals surface area contributed by atoms with E-state index in [1.54, 1.807) is 6.20 Å². The van der Waals surface area contributed by atoms with E-state index >= 15 is 0 Å². The largest absolute Gasteiger partial charge is 0.458 e. The smallest absolute Gasteiger partial charge is 0.309 e. The van der Waals surface area contributed by atoms with Crippen molar-refractivity contribution >= 4 is 11.9 Å². The quantitative estimate of drug-likeness (QED) is 0.386. The number of cyclic esters (lactones) is 1. The van der Waals surface area contributed by atoms with E-state index in [0.717, 1.165) is 11.3 Å². The third-order valence-corrected chi connectivity index (χ3v) is 5.92. The van der Waals surface area contributed by atoms with Crippen LogP contribution in [0.1, 0.15) is 65.5 Å². The first-order valence-corrected chi connectivity index (χ1v) is 11.7. The first-order chi connectivity index (χ1) is 15.7. The van der Waals surface area contributed by atoms with E-state index in [0.29, 0.717) is 12.8 Å². The fourth-order valence-electron chi connectivity index (χ4n) is 3.85. The number of pyridine rings is 1. The van der Waals surface area contributed by atoms with Crippen LogP contribution >= 0.6 is 0 Å². The summed E-state index contributed by atoms with van der Waals surface area (Å²) in [5, 5.41) is 10.3. The van der Waals surface area contributed by atoms with E-state index in [-0.39, 0.29) is 30.1 Å². The van der Waals surface area contributed by atoms with Crippen LogP contribution in [0.15, 0.2) is 60.3 Å². The Morgan fingerprint density at radius 1 is 1.24 bits per heavy atom. The fourth-order valence-corrected chi connectivity index (χ4v) is 3.85. The van der Waals surface area contributed by atoms with Crippen LogP contribution < -0.4 is 0 Å². The lowest BCUT2D eigenvalue weighted by molar-refractivity contribution is -0.151. The summed E-state index contributed by atoms with van der Waals surface area (Å²) in [6, 6.07) is 5.84. The number of aliphatic hydroxyl groups is 1. The minimum atomic E-state index is -0.791. The van der Waals surface area contributed by atoms with Crippen LogP contribution in [0.5, 0.6) is 0 Å². The van der Waals surface area contributed by atoms with Gasteiger partial charge in [0.2, 0.25) is 0 Å². The predicted octanol–water partition coefficient (Wildman–Crippen LogP) is 4.90. The molecule has 2 heterocycles. The number of hydrogen-bond donors (Lipinski definition) is 1. The molecule has 33 heavy (non-hydrogen) atoms. The second-order valence-electron chi connectivity index (χ2n) is 8.98. The number of carbonyl (C=O) groups is 2. The minimum Gasteiger partial charge on any atom is -0.458 e. The molecule has 0 spiro atoms. The van der Waals surface area contributed by atoms with Crippen LogP contribution in [0.25, 0.3) is 0 Å². The van der Waals surface area contributed by atoms with E-state index in [1.165, 1.54) is 6.92 Å². The molecule has 1 unspecified atom stereocenters. The topological polar surface area (TPSA) is 85.7 Å². The fraction of sp³-hybridized carbons (Fsp3) is 0.519. The van der Waals surface area contributed by atoms with Crippen molar-refractivity contribution in [1.82, 2.24) is 4.98 Å². The Balaban J connectivity index is 2.24. The Labute approximate surface area is 197 Å². The molecule has 1 aromatic heterocycles. The molecule has 0 aliphatic carbocycles. The van der Waals surface area contributed by atoms with Gasteiger partial charge >= 0.3 is 11.9 Å². The number of hydrogen-bond acceptors (Lipinski definition) is 6. The number of carbonyl (C=O) groups excluding carboxylic acids is 2.